The lowest BCUT2D eigenvalue weighted by Crippen LogP contribution is -2.30. The van der Waals surface area contributed by atoms with Crippen LogP contribution in [0.2, 0.25) is 0 Å². The second-order valence-electron chi connectivity index (χ2n) is 4.64. The minimum absolute atomic E-state index is 0.0542. The van der Waals surface area contributed by atoms with Crippen LogP contribution in [0, 0.1) is 5.82 Å². The maximum Gasteiger partial charge on any atom is 0.324 e. The summed E-state index contributed by atoms with van der Waals surface area (Å²) in [6.45, 7) is 0.273. The fourth-order valence-corrected chi connectivity index (χ4v) is 2.76. The molecule has 0 atom stereocenters. The van der Waals surface area contributed by atoms with Crippen molar-refractivity contribution in [2.24, 2.45) is 0 Å². The molecule has 2 heterocycles. The van der Waals surface area contributed by atoms with E-state index in [1.807, 2.05) is 5.38 Å². The summed E-state index contributed by atoms with van der Waals surface area (Å²) in [6, 6.07) is 5.75. The van der Waals surface area contributed by atoms with Crippen LogP contribution in [0.1, 0.15) is 5.01 Å². The highest BCUT2D eigenvalue weighted by Gasteiger charge is 2.26. The predicted molar refractivity (Wildman–Crippen MR) is 81.7 cm³/mol. The van der Waals surface area contributed by atoms with E-state index in [2.05, 4.69) is 10.3 Å². The van der Waals surface area contributed by atoms with Crippen LogP contribution >= 0.6 is 11.3 Å². The van der Waals surface area contributed by atoms with Crippen LogP contribution in [0.3, 0.4) is 0 Å². The highest BCUT2D eigenvalue weighted by molar-refractivity contribution is 7.10. The van der Waals surface area contributed by atoms with Crippen LogP contribution in [-0.2, 0) is 4.79 Å². The molecule has 1 N–H and O–H groups in total. The van der Waals surface area contributed by atoms with Gasteiger partial charge in [0.1, 0.15) is 10.8 Å². The summed E-state index contributed by atoms with van der Waals surface area (Å²) in [6.07, 6.45) is 3.48. The van der Waals surface area contributed by atoms with Crippen LogP contribution in [0.15, 0.2) is 35.7 Å². The van der Waals surface area contributed by atoms with Gasteiger partial charge in [-0.3, -0.25) is 9.69 Å². The fraction of sp³-hybridized carbons (Fsp3) is 0.133. The molecule has 1 saturated heterocycles. The number of carbonyl (C=O) groups excluding carboxylic acids is 2. The molecule has 0 aliphatic carbocycles. The first-order valence-electron chi connectivity index (χ1n) is 6.60. The molecule has 0 radical (unpaired) electrons. The normalized spacial score (nSPS) is 14.9. The van der Waals surface area contributed by atoms with Crippen molar-refractivity contribution in [3.63, 3.8) is 0 Å². The number of imide groups is 1. The lowest BCUT2D eigenvalue weighted by atomic mass is 10.2. The van der Waals surface area contributed by atoms with Gasteiger partial charge in [0.05, 0.1) is 12.2 Å². The molecule has 0 saturated carbocycles. The van der Waals surface area contributed by atoms with Gasteiger partial charge in [0.25, 0.3) is 0 Å². The van der Waals surface area contributed by atoms with Gasteiger partial charge in [-0.1, -0.05) is 6.08 Å². The smallest absolute Gasteiger partial charge is 0.324 e. The number of rotatable bonds is 4. The number of hydrogen-bond donors (Lipinski definition) is 1. The van der Waals surface area contributed by atoms with E-state index in [0.29, 0.717) is 0 Å². The molecule has 1 aromatic heterocycles. The standard InChI is InChI=1S/C15H12FN3O2S/c16-11-5-3-10(4-6-11)12-9-22-13(18-12)2-1-7-19-14(20)8-17-15(19)21/h1-6,9H,7-8H2,(H,17,21). The summed E-state index contributed by atoms with van der Waals surface area (Å²) in [5, 5.41) is 5.09. The topological polar surface area (TPSA) is 62.3 Å². The number of carbonyl (C=O) groups is 2. The monoisotopic (exact) mass is 317 g/mol. The summed E-state index contributed by atoms with van der Waals surface area (Å²) >= 11 is 1.44. The van der Waals surface area contributed by atoms with Gasteiger partial charge < -0.3 is 5.32 Å². The predicted octanol–water partition coefficient (Wildman–Crippen LogP) is 2.51. The maximum atomic E-state index is 12.9. The van der Waals surface area contributed by atoms with Crippen molar-refractivity contribution < 1.29 is 14.0 Å². The third-order valence-electron chi connectivity index (χ3n) is 3.15. The zero-order valence-electron chi connectivity index (χ0n) is 11.5. The molecule has 7 heteroatoms. The Morgan fingerprint density at radius 2 is 2.09 bits per heavy atom. The zero-order valence-corrected chi connectivity index (χ0v) is 12.3. The lowest BCUT2D eigenvalue weighted by molar-refractivity contribution is -0.124. The molecule has 1 fully saturated rings. The number of thiazole rings is 1. The van der Waals surface area contributed by atoms with Crippen LogP contribution in [-0.4, -0.2) is 34.9 Å². The number of benzene rings is 1. The molecule has 0 bridgehead atoms. The van der Waals surface area contributed by atoms with Gasteiger partial charge in [-0.2, -0.15) is 0 Å². The van der Waals surface area contributed by atoms with Crippen molar-refractivity contribution in [2.45, 2.75) is 0 Å². The number of nitrogens with zero attached hydrogens (tertiary/aromatic N) is 2. The van der Waals surface area contributed by atoms with Gasteiger partial charge in [-0.05, 0) is 30.3 Å². The Kier molecular flexibility index (Phi) is 3.97. The number of nitrogens with one attached hydrogen (secondary N) is 1. The third kappa shape index (κ3) is 3.04. The van der Waals surface area contributed by atoms with Gasteiger partial charge in [0.15, 0.2) is 0 Å². The van der Waals surface area contributed by atoms with Crippen molar-refractivity contribution in [3.05, 3.63) is 46.5 Å². The largest absolute Gasteiger partial charge is 0.329 e. The average Bonchev–Trinajstić information content (AvgIpc) is 3.10. The van der Waals surface area contributed by atoms with Gasteiger partial charge in [-0.15, -0.1) is 11.3 Å². The van der Waals surface area contributed by atoms with E-state index in [9.17, 15) is 14.0 Å². The van der Waals surface area contributed by atoms with Crippen molar-refractivity contribution in [1.82, 2.24) is 15.2 Å². The Bertz CT molecular complexity index is 724. The van der Waals surface area contributed by atoms with Crippen molar-refractivity contribution in [2.75, 3.05) is 13.1 Å². The highest BCUT2D eigenvalue weighted by Crippen LogP contribution is 2.22. The van der Waals surface area contributed by atoms with E-state index in [1.165, 1.54) is 23.5 Å². The van der Waals surface area contributed by atoms with E-state index >= 15 is 0 Å². The van der Waals surface area contributed by atoms with Gasteiger partial charge in [0, 0.05) is 17.5 Å². The van der Waals surface area contributed by atoms with Crippen LogP contribution < -0.4 is 5.32 Å². The molecule has 0 spiro atoms. The molecule has 3 amide bonds. The molecule has 22 heavy (non-hydrogen) atoms. The number of halogens is 1. The van der Waals surface area contributed by atoms with Crippen LogP contribution in [0.4, 0.5) is 9.18 Å². The van der Waals surface area contributed by atoms with Crippen LogP contribution in [0.25, 0.3) is 17.3 Å². The highest BCUT2D eigenvalue weighted by atomic mass is 32.1. The molecule has 2 aromatic rings. The third-order valence-corrected chi connectivity index (χ3v) is 3.96. The second kappa shape index (κ2) is 6.07. The second-order valence-corrected chi connectivity index (χ2v) is 5.53. The number of amides is 3. The first kappa shape index (κ1) is 14.4. The van der Waals surface area contributed by atoms with Crippen molar-refractivity contribution in [3.8, 4) is 11.3 Å². The summed E-state index contributed by atoms with van der Waals surface area (Å²) in [5.74, 6) is -0.520. The Morgan fingerprint density at radius 3 is 2.77 bits per heavy atom. The van der Waals surface area contributed by atoms with Gasteiger partial charge in [0.2, 0.25) is 5.91 Å². The van der Waals surface area contributed by atoms with Crippen molar-refractivity contribution in [1.29, 1.82) is 0 Å². The first-order chi connectivity index (χ1) is 10.6. The van der Waals surface area contributed by atoms with E-state index in [0.717, 1.165) is 21.2 Å². The lowest BCUT2D eigenvalue weighted by Gasteiger charge is -2.07. The molecular weight excluding hydrogens is 305 g/mol. The van der Waals surface area contributed by atoms with E-state index in [4.69, 9.17) is 0 Å². The molecule has 5 nitrogen and oxygen atoms in total. The number of aromatic nitrogens is 1. The Hall–Kier alpha value is -2.54. The summed E-state index contributed by atoms with van der Waals surface area (Å²) in [7, 11) is 0. The van der Waals surface area contributed by atoms with Crippen LogP contribution in [0.5, 0.6) is 0 Å². The summed E-state index contributed by atoms with van der Waals surface area (Å²) in [5.41, 5.74) is 1.60. The minimum Gasteiger partial charge on any atom is -0.329 e. The van der Waals surface area contributed by atoms with E-state index in [-0.39, 0.29) is 30.8 Å². The van der Waals surface area contributed by atoms with Crippen molar-refractivity contribution >= 4 is 29.4 Å². The molecule has 112 valence electrons. The molecule has 0 unspecified atom stereocenters. The molecule has 1 aliphatic rings. The minimum atomic E-state index is -0.374. The molecular formula is C15H12FN3O2S. The zero-order chi connectivity index (χ0) is 15.5. The van der Waals surface area contributed by atoms with E-state index < -0.39 is 0 Å². The number of urea groups is 1. The first-order valence-corrected chi connectivity index (χ1v) is 7.47. The average molecular weight is 317 g/mol. The molecule has 1 aromatic carbocycles. The Labute approximate surface area is 130 Å². The van der Waals surface area contributed by atoms with Gasteiger partial charge in [-0.25, -0.2) is 14.2 Å². The SMILES string of the molecule is O=C1CNC(=O)N1CC=Cc1nc(-c2ccc(F)cc2)cs1. The Balaban J connectivity index is 1.66. The summed E-state index contributed by atoms with van der Waals surface area (Å²) in [4.78, 5) is 28.3. The quantitative estimate of drug-likeness (QED) is 0.881. The van der Waals surface area contributed by atoms with Gasteiger partial charge >= 0.3 is 6.03 Å². The summed E-state index contributed by atoms with van der Waals surface area (Å²) < 4.78 is 12.9. The number of hydrogen-bond acceptors (Lipinski definition) is 4. The fourth-order valence-electron chi connectivity index (χ4n) is 2.02. The Morgan fingerprint density at radius 1 is 1.32 bits per heavy atom. The maximum absolute atomic E-state index is 12.9. The molecule has 3 rings (SSSR count). The van der Waals surface area contributed by atoms with E-state index in [1.54, 1.807) is 24.3 Å². The molecule has 1 aliphatic heterocycles.